The van der Waals surface area contributed by atoms with Crippen molar-refractivity contribution in [2.24, 2.45) is 7.05 Å². The molecule has 0 saturated heterocycles. The van der Waals surface area contributed by atoms with Crippen LogP contribution in [0, 0.1) is 10.1 Å². The molecule has 7 heteroatoms. The van der Waals surface area contributed by atoms with E-state index in [1.165, 1.54) is 16.8 Å². The average molecular weight is 284 g/mol. The summed E-state index contributed by atoms with van der Waals surface area (Å²) in [5.74, 6) is 0. The summed E-state index contributed by atoms with van der Waals surface area (Å²) in [5.41, 5.74) is 1.11. The molecule has 0 unspecified atom stereocenters. The quantitative estimate of drug-likeness (QED) is 0.541. The Bertz CT molecular complexity index is 880. The lowest BCUT2D eigenvalue weighted by atomic mass is 10.2. The van der Waals surface area contributed by atoms with Crippen molar-refractivity contribution in [3.05, 3.63) is 68.8 Å². The fourth-order valence-electron chi connectivity index (χ4n) is 2.32. The molecule has 0 aliphatic carbocycles. The molecule has 0 aliphatic rings. The number of nitro groups is 1. The molecule has 106 valence electrons. The van der Waals surface area contributed by atoms with Crippen LogP contribution in [0.1, 0.15) is 5.69 Å². The molecule has 0 spiro atoms. The van der Waals surface area contributed by atoms with E-state index in [0.29, 0.717) is 17.4 Å². The van der Waals surface area contributed by atoms with Crippen molar-refractivity contribution < 1.29 is 4.92 Å². The van der Waals surface area contributed by atoms with E-state index < -0.39 is 4.92 Å². The van der Waals surface area contributed by atoms with E-state index in [4.69, 9.17) is 0 Å². The third-order valence-corrected chi connectivity index (χ3v) is 3.39. The van der Waals surface area contributed by atoms with Gasteiger partial charge in [0.25, 0.3) is 11.2 Å². The summed E-state index contributed by atoms with van der Waals surface area (Å²) < 4.78 is 3.20. The highest BCUT2D eigenvalue weighted by molar-refractivity contribution is 5.81. The maximum atomic E-state index is 12.2. The summed E-state index contributed by atoms with van der Waals surface area (Å²) in [7, 11) is 1.64. The molecule has 3 rings (SSSR count). The zero-order valence-electron chi connectivity index (χ0n) is 11.3. The van der Waals surface area contributed by atoms with E-state index in [1.54, 1.807) is 24.0 Å². The minimum absolute atomic E-state index is 0.0878. The molecular weight excluding hydrogens is 272 g/mol. The van der Waals surface area contributed by atoms with Crippen LogP contribution in [0.4, 0.5) is 5.69 Å². The van der Waals surface area contributed by atoms with Gasteiger partial charge < -0.3 is 0 Å². The number of rotatable bonds is 3. The summed E-state index contributed by atoms with van der Waals surface area (Å²) in [6, 6.07) is 9.86. The van der Waals surface area contributed by atoms with Crippen molar-refractivity contribution >= 4 is 16.6 Å². The molecule has 1 aromatic carbocycles. The summed E-state index contributed by atoms with van der Waals surface area (Å²) >= 11 is 0. The molecule has 0 saturated carbocycles. The third kappa shape index (κ3) is 2.18. The number of non-ortho nitro benzene ring substituents is 1. The molecular formula is C14H12N4O3. The normalized spacial score (nSPS) is 10.9. The van der Waals surface area contributed by atoms with Crippen LogP contribution in [0.2, 0.25) is 0 Å². The number of nitrogens with zero attached hydrogens (tertiary/aromatic N) is 4. The fourth-order valence-corrected chi connectivity index (χ4v) is 2.32. The Balaban J connectivity index is 2.17. The number of pyridine rings is 1. The molecule has 21 heavy (non-hydrogen) atoms. The highest BCUT2D eigenvalue weighted by atomic mass is 16.6. The molecule has 0 fully saturated rings. The largest absolute Gasteiger partial charge is 0.276 e. The smallest absolute Gasteiger partial charge is 0.274 e. The average Bonchev–Trinajstić information content (AvgIpc) is 2.73. The number of benzene rings is 1. The molecule has 0 aliphatic heterocycles. The van der Waals surface area contributed by atoms with E-state index in [-0.39, 0.29) is 11.2 Å². The van der Waals surface area contributed by atoms with Crippen LogP contribution in [0.5, 0.6) is 0 Å². The highest BCUT2D eigenvalue weighted by Gasteiger charge is 2.15. The van der Waals surface area contributed by atoms with Gasteiger partial charge in [-0.1, -0.05) is 6.07 Å². The molecule has 7 nitrogen and oxygen atoms in total. The monoisotopic (exact) mass is 284 g/mol. The Morgan fingerprint density at radius 2 is 2.10 bits per heavy atom. The molecule has 2 aromatic heterocycles. The molecule has 0 N–H and O–H groups in total. The summed E-state index contributed by atoms with van der Waals surface area (Å²) in [4.78, 5) is 26.8. The predicted molar refractivity (Wildman–Crippen MR) is 77.2 cm³/mol. The van der Waals surface area contributed by atoms with Crippen molar-refractivity contribution in [1.82, 2.24) is 14.3 Å². The zero-order chi connectivity index (χ0) is 15.0. The second kappa shape index (κ2) is 4.86. The van der Waals surface area contributed by atoms with Crippen molar-refractivity contribution in [2.75, 3.05) is 0 Å². The summed E-state index contributed by atoms with van der Waals surface area (Å²) in [6.45, 7) is 0.424. The van der Waals surface area contributed by atoms with Crippen molar-refractivity contribution in [3.63, 3.8) is 0 Å². The van der Waals surface area contributed by atoms with Gasteiger partial charge in [-0.05, 0) is 18.2 Å². The van der Waals surface area contributed by atoms with Gasteiger partial charge in [0.2, 0.25) is 0 Å². The van der Waals surface area contributed by atoms with Crippen LogP contribution in [0.25, 0.3) is 10.9 Å². The Morgan fingerprint density at radius 3 is 2.76 bits per heavy atom. The zero-order valence-corrected chi connectivity index (χ0v) is 11.3. The standard InChI is InChI=1S/C14H12N4O3/c1-16-14(19)12-8-11(18(20)21)5-6-13(12)17(16)9-10-4-2-3-7-15-10/h2-8H,9H2,1H3. The van der Waals surface area contributed by atoms with Gasteiger partial charge in [-0.25, -0.2) is 0 Å². The van der Waals surface area contributed by atoms with Crippen molar-refractivity contribution in [3.8, 4) is 0 Å². The Hall–Kier alpha value is -2.96. The van der Waals surface area contributed by atoms with Gasteiger partial charge in [0.15, 0.2) is 0 Å². The van der Waals surface area contributed by atoms with Crippen LogP contribution >= 0.6 is 0 Å². The SMILES string of the molecule is Cn1c(=O)c2cc([N+](=O)[O-])ccc2n1Cc1ccccn1. The second-order valence-electron chi connectivity index (χ2n) is 4.67. The van der Waals surface area contributed by atoms with E-state index in [0.717, 1.165) is 5.69 Å². The van der Waals surface area contributed by atoms with E-state index in [1.807, 2.05) is 18.2 Å². The summed E-state index contributed by atoms with van der Waals surface area (Å²) in [6.07, 6.45) is 1.68. The van der Waals surface area contributed by atoms with Gasteiger partial charge >= 0.3 is 0 Å². The van der Waals surface area contributed by atoms with Crippen molar-refractivity contribution in [2.45, 2.75) is 6.54 Å². The fraction of sp³-hybridized carbons (Fsp3) is 0.143. The van der Waals surface area contributed by atoms with Crippen LogP contribution < -0.4 is 5.56 Å². The van der Waals surface area contributed by atoms with Crippen LogP contribution in [-0.2, 0) is 13.6 Å². The molecule has 3 aromatic rings. The van der Waals surface area contributed by atoms with Crippen LogP contribution in [0.3, 0.4) is 0 Å². The first-order valence-corrected chi connectivity index (χ1v) is 6.32. The van der Waals surface area contributed by atoms with E-state index in [9.17, 15) is 14.9 Å². The minimum atomic E-state index is -0.505. The van der Waals surface area contributed by atoms with Crippen LogP contribution in [0.15, 0.2) is 47.4 Å². The third-order valence-electron chi connectivity index (χ3n) is 3.39. The van der Waals surface area contributed by atoms with Gasteiger partial charge in [-0.15, -0.1) is 0 Å². The minimum Gasteiger partial charge on any atom is -0.276 e. The first-order chi connectivity index (χ1) is 10.1. The number of hydrogen-bond donors (Lipinski definition) is 0. The molecule has 0 atom stereocenters. The van der Waals surface area contributed by atoms with E-state index >= 15 is 0 Å². The second-order valence-corrected chi connectivity index (χ2v) is 4.67. The molecule has 0 amide bonds. The summed E-state index contributed by atoms with van der Waals surface area (Å²) in [5, 5.41) is 11.2. The van der Waals surface area contributed by atoms with Gasteiger partial charge in [0.05, 0.1) is 28.1 Å². The first-order valence-electron chi connectivity index (χ1n) is 6.32. The molecule has 0 bridgehead atoms. The Morgan fingerprint density at radius 1 is 1.29 bits per heavy atom. The number of aromatic nitrogens is 3. The molecule has 2 heterocycles. The lowest BCUT2D eigenvalue weighted by Gasteiger charge is -2.08. The number of hydrogen-bond acceptors (Lipinski definition) is 4. The highest BCUT2D eigenvalue weighted by Crippen LogP contribution is 2.19. The van der Waals surface area contributed by atoms with Gasteiger partial charge in [-0.3, -0.25) is 29.3 Å². The maximum absolute atomic E-state index is 12.2. The maximum Gasteiger partial charge on any atom is 0.274 e. The van der Waals surface area contributed by atoms with Gasteiger partial charge in [0.1, 0.15) is 0 Å². The lowest BCUT2D eigenvalue weighted by Crippen LogP contribution is -2.19. The predicted octanol–water partition coefficient (Wildman–Crippen LogP) is 1.69. The number of nitro benzene ring substituents is 1. The van der Waals surface area contributed by atoms with Crippen molar-refractivity contribution in [1.29, 1.82) is 0 Å². The number of fused-ring (bicyclic) bond motifs is 1. The lowest BCUT2D eigenvalue weighted by molar-refractivity contribution is -0.384. The molecule has 0 radical (unpaired) electrons. The van der Waals surface area contributed by atoms with Gasteiger partial charge in [-0.2, -0.15) is 0 Å². The van der Waals surface area contributed by atoms with E-state index in [2.05, 4.69) is 4.98 Å². The Labute approximate surface area is 119 Å². The Kier molecular flexibility index (Phi) is 3.02. The van der Waals surface area contributed by atoms with Crippen LogP contribution in [-0.4, -0.2) is 19.3 Å². The first kappa shape index (κ1) is 13.0. The van der Waals surface area contributed by atoms with Gasteiger partial charge in [0, 0.05) is 25.4 Å². The topological polar surface area (TPSA) is 83.0 Å².